The zero-order valence-corrected chi connectivity index (χ0v) is 18.5. The van der Waals surface area contributed by atoms with Gasteiger partial charge in [-0.3, -0.25) is 0 Å². The first kappa shape index (κ1) is 22.1. The predicted octanol–water partition coefficient (Wildman–Crippen LogP) is 4.64. The standard InChI is InChI=1S/C27H28O6/c1-3-16-29-25-24(31-21-15-9-13-18-10-7-8-14-20(18)21)23-22(32-27(25)28-2)17-30-26(33-23)19-11-5-4-6-12-19/h3-15,22-27H,1,16-17H2,2H3/t22-,23-,24+,25-,26?,27+/m1/s1. The number of rotatable bonds is 7. The molecule has 0 spiro atoms. The monoisotopic (exact) mass is 448 g/mol. The van der Waals surface area contributed by atoms with Crippen molar-refractivity contribution in [1.82, 2.24) is 0 Å². The van der Waals surface area contributed by atoms with Gasteiger partial charge in [-0.05, 0) is 11.5 Å². The minimum atomic E-state index is -0.633. The van der Waals surface area contributed by atoms with Crippen LogP contribution in [0.3, 0.4) is 0 Å². The average molecular weight is 449 g/mol. The van der Waals surface area contributed by atoms with E-state index in [2.05, 4.69) is 18.7 Å². The first-order chi connectivity index (χ1) is 16.3. The van der Waals surface area contributed by atoms with E-state index < -0.39 is 30.9 Å². The van der Waals surface area contributed by atoms with Crippen LogP contribution in [-0.2, 0) is 23.7 Å². The second kappa shape index (κ2) is 10.0. The van der Waals surface area contributed by atoms with Gasteiger partial charge in [-0.2, -0.15) is 0 Å². The smallest absolute Gasteiger partial charge is 0.187 e. The third-order valence-electron chi connectivity index (χ3n) is 6.01. The molecule has 2 heterocycles. The Balaban J connectivity index is 1.50. The zero-order chi connectivity index (χ0) is 22.6. The van der Waals surface area contributed by atoms with Crippen LogP contribution in [-0.4, -0.2) is 51.0 Å². The van der Waals surface area contributed by atoms with Crippen LogP contribution >= 0.6 is 0 Å². The summed E-state index contributed by atoms with van der Waals surface area (Å²) in [5.74, 6) is 0.757. The van der Waals surface area contributed by atoms with Crippen LogP contribution in [0.15, 0.2) is 85.5 Å². The number of benzene rings is 3. The van der Waals surface area contributed by atoms with Gasteiger partial charge < -0.3 is 28.4 Å². The molecular formula is C27H28O6. The molecule has 2 saturated heterocycles. The van der Waals surface area contributed by atoms with E-state index in [0.717, 1.165) is 22.1 Å². The highest BCUT2D eigenvalue weighted by molar-refractivity contribution is 5.88. The zero-order valence-electron chi connectivity index (χ0n) is 18.5. The summed E-state index contributed by atoms with van der Waals surface area (Å²) in [6.07, 6.45) is -1.26. The molecule has 0 saturated carbocycles. The van der Waals surface area contributed by atoms with Gasteiger partial charge in [0.05, 0.1) is 13.2 Å². The van der Waals surface area contributed by atoms with E-state index in [9.17, 15) is 0 Å². The highest BCUT2D eigenvalue weighted by Crippen LogP contribution is 2.38. The predicted molar refractivity (Wildman–Crippen MR) is 124 cm³/mol. The van der Waals surface area contributed by atoms with Gasteiger partial charge in [0.25, 0.3) is 0 Å². The molecule has 2 fully saturated rings. The Hall–Kier alpha value is -2.74. The number of hydrogen-bond acceptors (Lipinski definition) is 6. The summed E-state index contributed by atoms with van der Waals surface area (Å²) in [4.78, 5) is 0. The molecule has 2 aliphatic heterocycles. The molecule has 3 aromatic carbocycles. The van der Waals surface area contributed by atoms with Crippen molar-refractivity contribution in [1.29, 1.82) is 0 Å². The van der Waals surface area contributed by atoms with Crippen molar-refractivity contribution >= 4 is 10.8 Å². The van der Waals surface area contributed by atoms with Gasteiger partial charge in [-0.25, -0.2) is 0 Å². The molecule has 6 atom stereocenters. The lowest BCUT2D eigenvalue weighted by Crippen LogP contribution is -2.64. The first-order valence-electron chi connectivity index (χ1n) is 11.2. The number of methoxy groups -OCH3 is 1. The lowest BCUT2D eigenvalue weighted by Gasteiger charge is -2.48. The lowest BCUT2D eigenvalue weighted by atomic mass is 9.97. The molecule has 2 aliphatic rings. The molecule has 0 amide bonds. The fourth-order valence-corrected chi connectivity index (χ4v) is 4.45. The fourth-order valence-electron chi connectivity index (χ4n) is 4.45. The van der Waals surface area contributed by atoms with Crippen LogP contribution < -0.4 is 4.74 Å². The van der Waals surface area contributed by atoms with Gasteiger partial charge in [0, 0.05) is 18.1 Å². The Morgan fingerprint density at radius 2 is 1.73 bits per heavy atom. The van der Waals surface area contributed by atoms with Gasteiger partial charge in [0.15, 0.2) is 18.7 Å². The summed E-state index contributed by atoms with van der Waals surface area (Å²) in [6.45, 7) is 4.47. The molecule has 1 unspecified atom stereocenters. The number of hydrogen-bond donors (Lipinski definition) is 0. The normalized spacial score (nSPS) is 29.4. The molecule has 0 aromatic heterocycles. The summed E-state index contributed by atoms with van der Waals surface area (Å²) in [6, 6.07) is 24.0. The quantitative estimate of drug-likeness (QED) is 0.491. The Labute approximate surface area is 193 Å². The summed E-state index contributed by atoms with van der Waals surface area (Å²) >= 11 is 0. The van der Waals surface area contributed by atoms with Crippen molar-refractivity contribution in [2.24, 2.45) is 0 Å². The van der Waals surface area contributed by atoms with Crippen LogP contribution in [0.2, 0.25) is 0 Å². The van der Waals surface area contributed by atoms with Crippen molar-refractivity contribution in [2.75, 3.05) is 20.3 Å². The molecule has 0 N–H and O–H groups in total. The molecule has 0 radical (unpaired) electrons. The van der Waals surface area contributed by atoms with E-state index in [-0.39, 0.29) is 6.10 Å². The van der Waals surface area contributed by atoms with Crippen molar-refractivity contribution < 1.29 is 28.4 Å². The highest BCUT2D eigenvalue weighted by Gasteiger charge is 2.52. The van der Waals surface area contributed by atoms with Gasteiger partial charge in [0.2, 0.25) is 0 Å². The lowest BCUT2D eigenvalue weighted by molar-refractivity contribution is -0.358. The Bertz CT molecular complexity index is 1070. The second-order valence-corrected chi connectivity index (χ2v) is 8.10. The topological polar surface area (TPSA) is 55.4 Å². The molecule has 172 valence electrons. The van der Waals surface area contributed by atoms with Crippen LogP contribution in [0, 0.1) is 0 Å². The molecule has 3 aromatic rings. The van der Waals surface area contributed by atoms with Gasteiger partial charge in [-0.1, -0.05) is 72.8 Å². The highest BCUT2D eigenvalue weighted by atomic mass is 16.8. The molecule has 33 heavy (non-hydrogen) atoms. The third-order valence-corrected chi connectivity index (χ3v) is 6.01. The van der Waals surface area contributed by atoms with E-state index >= 15 is 0 Å². The van der Waals surface area contributed by atoms with E-state index in [1.807, 2.05) is 60.7 Å². The van der Waals surface area contributed by atoms with Crippen molar-refractivity contribution in [3.8, 4) is 5.75 Å². The maximum Gasteiger partial charge on any atom is 0.187 e. The number of ether oxygens (including phenoxy) is 6. The van der Waals surface area contributed by atoms with Crippen LogP contribution in [0.1, 0.15) is 11.9 Å². The van der Waals surface area contributed by atoms with Crippen molar-refractivity contribution in [3.63, 3.8) is 0 Å². The maximum atomic E-state index is 6.66. The summed E-state index contributed by atoms with van der Waals surface area (Å²) in [7, 11) is 1.60. The van der Waals surface area contributed by atoms with Crippen LogP contribution in [0.25, 0.3) is 10.8 Å². The van der Waals surface area contributed by atoms with Crippen LogP contribution in [0.5, 0.6) is 5.75 Å². The minimum absolute atomic E-state index is 0.333. The average Bonchev–Trinajstić information content (AvgIpc) is 2.88. The molecule has 0 bridgehead atoms. The summed E-state index contributed by atoms with van der Waals surface area (Å²) in [5.41, 5.74) is 0.942. The van der Waals surface area contributed by atoms with E-state index in [1.54, 1.807) is 13.2 Å². The number of fused-ring (bicyclic) bond motifs is 2. The van der Waals surface area contributed by atoms with Gasteiger partial charge in [-0.15, -0.1) is 6.58 Å². The SMILES string of the molecule is C=CCO[C@H]1[C@@H](OC)O[C@@H]2COC(c3ccccc3)O[C@H]2[C@@H]1Oc1cccc2ccccc12. The summed E-state index contributed by atoms with van der Waals surface area (Å²) < 4.78 is 37.0. The Morgan fingerprint density at radius 3 is 2.55 bits per heavy atom. The first-order valence-corrected chi connectivity index (χ1v) is 11.2. The Kier molecular flexibility index (Phi) is 6.71. The molecule has 5 rings (SSSR count). The largest absolute Gasteiger partial charge is 0.484 e. The van der Waals surface area contributed by atoms with Crippen molar-refractivity contribution in [3.05, 3.63) is 91.0 Å². The second-order valence-electron chi connectivity index (χ2n) is 8.10. The van der Waals surface area contributed by atoms with E-state index in [4.69, 9.17) is 28.4 Å². The third kappa shape index (κ3) is 4.53. The molecule has 6 heteroatoms. The van der Waals surface area contributed by atoms with Gasteiger partial charge >= 0.3 is 0 Å². The van der Waals surface area contributed by atoms with Crippen molar-refractivity contribution in [2.45, 2.75) is 37.0 Å². The summed E-state index contributed by atoms with van der Waals surface area (Å²) in [5, 5.41) is 2.12. The van der Waals surface area contributed by atoms with E-state index in [0.29, 0.717) is 13.2 Å². The van der Waals surface area contributed by atoms with E-state index in [1.165, 1.54) is 0 Å². The Morgan fingerprint density at radius 1 is 0.939 bits per heavy atom. The van der Waals surface area contributed by atoms with Crippen LogP contribution in [0.4, 0.5) is 0 Å². The fraction of sp³-hybridized carbons (Fsp3) is 0.333. The molecule has 6 nitrogen and oxygen atoms in total. The maximum absolute atomic E-state index is 6.66. The molecular weight excluding hydrogens is 420 g/mol. The minimum Gasteiger partial charge on any atom is -0.484 e. The van der Waals surface area contributed by atoms with Gasteiger partial charge in [0.1, 0.15) is 24.1 Å². The molecule has 0 aliphatic carbocycles.